The van der Waals surface area contributed by atoms with Crippen LogP contribution in [0.15, 0.2) is 42.5 Å². The van der Waals surface area contributed by atoms with E-state index >= 15 is 0 Å². The highest BCUT2D eigenvalue weighted by molar-refractivity contribution is 6.31. The van der Waals surface area contributed by atoms with E-state index in [1.807, 2.05) is 12.1 Å². The van der Waals surface area contributed by atoms with E-state index in [-0.39, 0.29) is 30.0 Å². The fraction of sp³-hybridized carbons (Fsp3) is 0.333. The Hall–Kier alpha value is -2.90. The molecule has 2 heterocycles. The topological polar surface area (TPSA) is 91.2 Å². The number of aromatic amines is 1. The Morgan fingerprint density at radius 1 is 1.19 bits per heavy atom. The van der Waals surface area contributed by atoms with Crippen molar-refractivity contribution in [2.24, 2.45) is 5.73 Å². The van der Waals surface area contributed by atoms with Gasteiger partial charge in [0.1, 0.15) is 5.82 Å². The van der Waals surface area contributed by atoms with Gasteiger partial charge in [0.2, 0.25) is 5.91 Å². The largest absolute Gasteiger partial charge is 0.357 e. The van der Waals surface area contributed by atoms with Crippen molar-refractivity contribution >= 4 is 34.3 Å². The number of nitrogens with one attached hydrogen (secondary N) is 2. The number of rotatable bonds is 6. The molecule has 0 atom stereocenters. The van der Waals surface area contributed by atoms with Crippen LogP contribution in [0.4, 0.5) is 4.39 Å². The quantitative estimate of drug-likeness (QED) is 0.529. The number of benzene rings is 2. The normalized spacial score (nSPS) is 14.7. The maximum Gasteiger partial charge on any atom is 0.256 e. The molecule has 1 aromatic heterocycles. The fourth-order valence-electron chi connectivity index (χ4n) is 4.39. The number of H-pyrrole nitrogens is 1. The first-order valence-corrected chi connectivity index (χ1v) is 11.2. The summed E-state index contributed by atoms with van der Waals surface area (Å²) in [5, 5.41) is 4.02. The molecule has 4 N–H and O–H groups in total. The summed E-state index contributed by atoms with van der Waals surface area (Å²) in [5.41, 5.74) is 7.93. The van der Waals surface area contributed by atoms with Gasteiger partial charge in [-0.1, -0.05) is 35.9 Å². The lowest BCUT2D eigenvalue weighted by atomic mass is 9.89. The molecule has 0 aliphatic carbocycles. The van der Waals surface area contributed by atoms with Crippen LogP contribution in [-0.2, 0) is 11.2 Å². The number of amides is 2. The minimum absolute atomic E-state index is 0.0407. The first-order chi connectivity index (χ1) is 15.5. The van der Waals surface area contributed by atoms with Gasteiger partial charge in [-0.25, -0.2) is 4.39 Å². The highest BCUT2D eigenvalue weighted by Crippen LogP contribution is 2.32. The molecule has 168 valence electrons. The Bertz CT molecular complexity index is 1140. The van der Waals surface area contributed by atoms with E-state index < -0.39 is 0 Å². The molecule has 1 aliphatic heterocycles. The Balaban J connectivity index is 1.57. The summed E-state index contributed by atoms with van der Waals surface area (Å²) >= 11 is 6.13. The Labute approximate surface area is 190 Å². The third-order valence-corrected chi connectivity index (χ3v) is 6.22. The van der Waals surface area contributed by atoms with Gasteiger partial charge < -0.3 is 20.9 Å². The van der Waals surface area contributed by atoms with E-state index in [0.717, 1.165) is 5.39 Å². The van der Waals surface area contributed by atoms with Crippen LogP contribution < -0.4 is 11.1 Å². The molecular formula is C24H26ClFN4O2. The second kappa shape index (κ2) is 9.71. The van der Waals surface area contributed by atoms with Crippen LogP contribution in [0.2, 0.25) is 5.02 Å². The first kappa shape index (κ1) is 22.3. The average Bonchev–Trinajstić information content (AvgIpc) is 3.14. The summed E-state index contributed by atoms with van der Waals surface area (Å²) in [7, 11) is 0. The van der Waals surface area contributed by atoms with Gasteiger partial charge in [-0.15, -0.1) is 0 Å². The maximum atomic E-state index is 14.2. The number of piperidine rings is 1. The van der Waals surface area contributed by atoms with E-state index in [9.17, 15) is 14.0 Å². The SMILES string of the molecule is NCCNC(=O)Cc1[nH]c2cc(Cl)ccc2c1C(=O)N1CCC(c2ccccc2F)CC1. The van der Waals surface area contributed by atoms with E-state index in [2.05, 4.69) is 10.3 Å². The van der Waals surface area contributed by atoms with Crippen LogP contribution in [0.3, 0.4) is 0 Å². The molecule has 0 spiro atoms. The van der Waals surface area contributed by atoms with Gasteiger partial charge in [-0.2, -0.15) is 0 Å². The van der Waals surface area contributed by atoms with Crippen LogP contribution in [0, 0.1) is 5.82 Å². The molecule has 8 heteroatoms. The molecule has 0 radical (unpaired) electrons. The molecule has 4 rings (SSSR count). The third kappa shape index (κ3) is 4.64. The molecule has 1 fully saturated rings. The van der Waals surface area contributed by atoms with Crippen LogP contribution in [0.5, 0.6) is 0 Å². The van der Waals surface area contributed by atoms with Crippen molar-refractivity contribution < 1.29 is 14.0 Å². The molecule has 6 nitrogen and oxygen atoms in total. The Morgan fingerprint density at radius 3 is 2.66 bits per heavy atom. The Morgan fingerprint density at radius 2 is 1.94 bits per heavy atom. The lowest BCUT2D eigenvalue weighted by Crippen LogP contribution is -2.38. The number of carbonyl (C=O) groups excluding carboxylic acids is 2. The van der Waals surface area contributed by atoms with Gasteiger partial charge in [0.25, 0.3) is 5.91 Å². The van der Waals surface area contributed by atoms with Gasteiger partial charge in [-0.3, -0.25) is 9.59 Å². The van der Waals surface area contributed by atoms with Crippen molar-refractivity contribution in [1.29, 1.82) is 0 Å². The van der Waals surface area contributed by atoms with E-state index in [4.69, 9.17) is 17.3 Å². The monoisotopic (exact) mass is 456 g/mol. The van der Waals surface area contributed by atoms with Crippen LogP contribution in [-0.4, -0.2) is 47.9 Å². The predicted octanol–water partition coefficient (Wildman–Crippen LogP) is 3.60. The van der Waals surface area contributed by atoms with Crippen molar-refractivity contribution in [2.45, 2.75) is 25.2 Å². The van der Waals surface area contributed by atoms with Gasteiger partial charge in [0.05, 0.1) is 12.0 Å². The van der Waals surface area contributed by atoms with Gasteiger partial charge in [-0.05, 0) is 42.5 Å². The van der Waals surface area contributed by atoms with Crippen molar-refractivity contribution in [3.05, 3.63) is 70.1 Å². The number of likely N-dealkylation sites (tertiary alicyclic amines) is 1. The summed E-state index contributed by atoms with van der Waals surface area (Å²) in [6.45, 7) is 1.77. The molecule has 0 bridgehead atoms. The molecule has 2 amide bonds. The number of hydrogen-bond acceptors (Lipinski definition) is 3. The predicted molar refractivity (Wildman–Crippen MR) is 123 cm³/mol. The molecule has 3 aromatic rings. The zero-order chi connectivity index (χ0) is 22.7. The number of hydrogen-bond donors (Lipinski definition) is 3. The van der Waals surface area contributed by atoms with Crippen LogP contribution in [0.1, 0.15) is 40.4 Å². The molecule has 32 heavy (non-hydrogen) atoms. The van der Waals surface area contributed by atoms with Gasteiger partial charge >= 0.3 is 0 Å². The number of nitrogens with two attached hydrogens (primary N) is 1. The lowest BCUT2D eigenvalue weighted by molar-refractivity contribution is -0.120. The number of halogens is 2. The second-order valence-electron chi connectivity index (χ2n) is 8.07. The number of nitrogens with zero attached hydrogens (tertiary/aromatic N) is 1. The smallest absolute Gasteiger partial charge is 0.256 e. The Kier molecular flexibility index (Phi) is 6.77. The molecule has 1 saturated heterocycles. The number of carbonyl (C=O) groups is 2. The van der Waals surface area contributed by atoms with Crippen LogP contribution >= 0.6 is 11.6 Å². The summed E-state index contributed by atoms with van der Waals surface area (Å²) in [6.07, 6.45) is 1.42. The van der Waals surface area contributed by atoms with Crippen molar-refractivity contribution in [3.8, 4) is 0 Å². The molecule has 1 aliphatic rings. The van der Waals surface area contributed by atoms with Crippen molar-refractivity contribution in [2.75, 3.05) is 26.2 Å². The first-order valence-electron chi connectivity index (χ1n) is 10.8. The summed E-state index contributed by atoms with van der Waals surface area (Å²) in [5.74, 6) is -0.451. The zero-order valence-corrected chi connectivity index (χ0v) is 18.4. The maximum absolute atomic E-state index is 14.2. The molecular weight excluding hydrogens is 431 g/mol. The summed E-state index contributed by atoms with van der Waals surface area (Å²) in [6, 6.07) is 12.1. The minimum atomic E-state index is -0.208. The van der Waals surface area contributed by atoms with E-state index in [1.165, 1.54) is 6.07 Å². The summed E-state index contributed by atoms with van der Waals surface area (Å²) in [4.78, 5) is 30.8. The molecule has 2 aromatic carbocycles. The zero-order valence-electron chi connectivity index (χ0n) is 17.7. The second-order valence-corrected chi connectivity index (χ2v) is 8.51. The van der Waals surface area contributed by atoms with Gasteiger partial charge in [0, 0.05) is 47.8 Å². The molecule has 0 unspecified atom stereocenters. The minimum Gasteiger partial charge on any atom is -0.357 e. The standard InChI is InChI=1S/C24H26ClFN4O2/c25-16-5-6-18-20(13-16)29-21(14-22(31)28-10-9-27)23(18)24(32)30-11-7-15(8-12-30)17-3-1-2-4-19(17)26/h1-6,13,15,29H,7-12,14,27H2,(H,28,31). The highest BCUT2D eigenvalue weighted by Gasteiger charge is 2.29. The number of aromatic nitrogens is 1. The van der Waals surface area contributed by atoms with Gasteiger partial charge in [0.15, 0.2) is 0 Å². The molecule has 0 saturated carbocycles. The average molecular weight is 457 g/mol. The summed E-state index contributed by atoms with van der Waals surface area (Å²) < 4.78 is 14.2. The number of fused-ring (bicyclic) bond motifs is 1. The van der Waals surface area contributed by atoms with Crippen LogP contribution in [0.25, 0.3) is 10.9 Å². The third-order valence-electron chi connectivity index (χ3n) is 5.98. The van der Waals surface area contributed by atoms with E-state index in [1.54, 1.807) is 29.2 Å². The van der Waals surface area contributed by atoms with Crippen molar-refractivity contribution in [3.63, 3.8) is 0 Å². The highest BCUT2D eigenvalue weighted by atomic mass is 35.5. The fourth-order valence-corrected chi connectivity index (χ4v) is 4.57. The van der Waals surface area contributed by atoms with Crippen molar-refractivity contribution in [1.82, 2.24) is 15.2 Å². The van der Waals surface area contributed by atoms with E-state index in [0.29, 0.717) is 66.4 Å². The lowest BCUT2D eigenvalue weighted by Gasteiger charge is -2.32.